The van der Waals surface area contributed by atoms with Gasteiger partial charge in [0.25, 0.3) is 5.91 Å². The highest BCUT2D eigenvalue weighted by Gasteiger charge is 2.35. The summed E-state index contributed by atoms with van der Waals surface area (Å²) in [6, 6.07) is 8.46. The van der Waals surface area contributed by atoms with Crippen LogP contribution in [-0.4, -0.2) is 17.1 Å². The van der Waals surface area contributed by atoms with Crippen LogP contribution in [0.5, 0.6) is 0 Å². The van der Waals surface area contributed by atoms with E-state index in [0.717, 1.165) is 12.1 Å². The lowest BCUT2D eigenvalue weighted by Gasteiger charge is -2.13. The monoisotopic (exact) mass is 464 g/mol. The molecule has 1 aromatic heterocycles. The molecule has 0 spiro atoms. The maximum absolute atomic E-state index is 13.2. The van der Waals surface area contributed by atoms with Gasteiger partial charge >= 0.3 is 12.2 Å². The second kappa shape index (κ2) is 8.93. The minimum atomic E-state index is -4.90. The molecule has 0 unspecified atom stereocenters. The summed E-state index contributed by atoms with van der Waals surface area (Å²) in [5, 5.41) is 11.2. The van der Waals surface area contributed by atoms with Gasteiger partial charge in [-0.1, -0.05) is 25.9 Å². The quantitative estimate of drug-likeness (QED) is 0.411. The van der Waals surface area contributed by atoms with Crippen LogP contribution in [0, 0.1) is 5.82 Å². The highest BCUT2D eigenvalue weighted by Crippen LogP contribution is 2.33. The number of anilines is 3. The van der Waals surface area contributed by atoms with Gasteiger partial charge in [0.1, 0.15) is 11.6 Å². The number of benzene rings is 2. The van der Waals surface area contributed by atoms with Crippen LogP contribution in [0.25, 0.3) is 0 Å². The lowest BCUT2D eigenvalue weighted by molar-refractivity contribution is -0.138. The Morgan fingerprint density at radius 3 is 2.03 bits per heavy atom. The first kappa shape index (κ1) is 23.8. The van der Waals surface area contributed by atoms with E-state index in [4.69, 9.17) is 4.52 Å². The van der Waals surface area contributed by atoms with Gasteiger partial charge < -0.3 is 15.2 Å². The molecule has 0 atom stereocenters. The molecular formula is C22H20F4N4O3. The van der Waals surface area contributed by atoms with E-state index in [1.54, 1.807) is 6.07 Å². The number of nitrogens with one attached hydrogen (secondary N) is 3. The molecule has 2 aromatic carbocycles. The molecule has 3 aromatic rings. The van der Waals surface area contributed by atoms with Gasteiger partial charge in [0, 0.05) is 22.9 Å². The van der Waals surface area contributed by atoms with E-state index in [9.17, 15) is 27.2 Å². The minimum Gasteiger partial charge on any atom is -0.359 e. The number of hydrogen-bond acceptors (Lipinski definition) is 4. The highest BCUT2D eigenvalue weighted by atomic mass is 19.4. The molecule has 0 radical (unpaired) electrons. The number of amides is 3. The Balaban J connectivity index is 1.63. The maximum atomic E-state index is 13.2. The van der Waals surface area contributed by atoms with Crippen LogP contribution in [0.15, 0.2) is 53.1 Å². The first-order valence-electron chi connectivity index (χ1n) is 9.66. The van der Waals surface area contributed by atoms with Crippen molar-refractivity contribution in [2.75, 3.05) is 16.0 Å². The number of carbonyl (C=O) groups is 2. The molecule has 174 valence electrons. The van der Waals surface area contributed by atoms with Crippen molar-refractivity contribution in [2.24, 2.45) is 0 Å². The number of halogens is 4. The summed E-state index contributed by atoms with van der Waals surface area (Å²) in [5.41, 5.74) is -1.85. The fourth-order valence-corrected chi connectivity index (χ4v) is 2.75. The number of hydrogen-bond donors (Lipinski definition) is 3. The average Bonchev–Trinajstić information content (AvgIpc) is 3.17. The second-order valence-electron chi connectivity index (χ2n) is 8.12. The molecule has 33 heavy (non-hydrogen) atoms. The third-order valence-electron chi connectivity index (χ3n) is 4.42. The third kappa shape index (κ3) is 6.09. The molecule has 0 saturated carbocycles. The van der Waals surface area contributed by atoms with Crippen molar-refractivity contribution in [3.63, 3.8) is 0 Å². The topological polar surface area (TPSA) is 96.3 Å². The zero-order valence-corrected chi connectivity index (χ0v) is 17.8. The average molecular weight is 464 g/mol. The molecule has 1 heterocycles. The number of aromatic nitrogens is 1. The van der Waals surface area contributed by atoms with Crippen molar-refractivity contribution in [1.29, 1.82) is 0 Å². The summed E-state index contributed by atoms with van der Waals surface area (Å²) < 4.78 is 57.8. The van der Waals surface area contributed by atoms with Crippen molar-refractivity contribution in [1.82, 2.24) is 5.16 Å². The SMILES string of the molecule is CC(C)(C)c1cc(NC(=O)Nc2ccc(NC(=O)c3ccc(F)cc3C(F)(F)F)cc2)no1. The van der Waals surface area contributed by atoms with Crippen LogP contribution in [0.2, 0.25) is 0 Å². The molecule has 3 rings (SSSR count). The molecule has 7 nitrogen and oxygen atoms in total. The maximum Gasteiger partial charge on any atom is 0.417 e. The van der Waals surface area contributed by atoms with E-state index in [2.05, 4.69) is 21.1 Å². The van der Waals surface area contributed by atoms with E-state index in [1.165, 1.54) is 24.3 Å². The Bertz CT molecular complexity index is 1170. The van der Waals surface area contributed by atoms with Crippen LogP contribution in [0.1, 0.15) is 42.5 Å². The van der Waals surface area contributed by atoms with E-state index in [0.29, 0.717) is 11.4 Å². The molecule has 0 aliphatic heterocycles. The molecule has 3 amide bonds. The summed E-state index contributed by atoms with van der Waals surface area (Å²) in [5.74, 6) is -1.34. The van der Waals surface area contributed by atoms with Crippen LogP contribution < -0.4 is 16.0 Å². The minimum absolute atomic E-state index is 0.176. The Morgan fingerprint density at radius 1 is 0.879 bits per heavy atom. The second-order valence-corrected chi connectivity index (χ2v) is 8.12. The molecule has 3 N–H and O–H groups in total. The Labute approximate surface area is 186 Å². The van der Waals surface area contributed by atoms with Gasteiger partial charge in [-0.25, -0.2) is 9.18 Å². The van der Waals surface area contributed by atoms with Gasteiger partial charge in [0.15, 0.2) is 5.82 Å². The standard InChI is InChI=1S/C22H20F4N4O3/c1-21(2,3)17-11-18(30-33-17)29-20(32)28-14-7-5-13(6-8-14)27-19(31)15-9-4-12(23)10-16(15)22(24,25)26/h4-11H,1-3H3,(H,27,31)(H2,28,29,30,32). The van der Waals surface area contributed by atoms with E-state index < -0.39 is 35.1 Å². The van der Waals surface area contributed by atoms with Gasteiger partial charge in [0.2, 0.25) is 0 Å². The molecular weight excluding hydrogens is 444 g/mol. The van der Waals surface area contributed by atoms with Crippen LogP contribution in [0.4, 0.5) is 39.5 Å². The predicted octanol–water partition coefficient (Wildman–Crippen LogP) is 6.03. The lowest BCUT2D eigenvalue weighted by atomic mass is 9.93. The van der Waals surface area contributed by atoms with E-state index in [-0.39, 0.29) is 23.0 Å². The summed E-state index contributed by atoms with van der Waals surface area (Å²) in [6.07, 6.45) is -4.90. The molecule has 0 aliphatic rings. The molecule has 11 heteroatoms. The third-order valence-corrected chi connectivity index (χ3v) is 4.42. The van der Waals surface area contributed by atoms with Crippen molar-refractivity contribution < 1.29 is 31.7 Å². The summed E-state index contributed by atoms with van der Waals surface area (Å²) in [4.78, 5) is 24.4. The van der Waals surface area contributed by atoms with Gasteiger partial charge in [-0.15, -0.1) is 0 Å². The molecule has 0 saturated heterocycles. The lowest BCUT2D eigenvalue weighted by Crippen LogP contribution is -2.20. The van der Waals surface area contributed by atoms with Crippen LogP contribution in [-0.2, 0) is 11.6 Å². The van der Waals surface area contributed by atoms with Crippen LogP contribution >= 0.6 is 0 Å². The summed E-state index contributed by atoms with van der Waals surface area (Å²) in [6.45, 7) is 5.78. The van der Waals surface area contributed by atoms with Gasteiger partial charge in [-0.05, 0) is 42.5 Å². The fourth-order valence-electron chi connectivity index (χ4n) is 2.75. The zero-order chi connectivity index (χ0) is 24.4. The largest absolute Gasteiger partial charge is 0.417 e. The zero-order valence-electron chi connectivity index (χ0n) is 17.8. The number of nitrogens with zero attached hydrogens (tertiary/aromatic N) is 1. The fraction of sp³-hybridized carbons (Fsp3) is 0.227. The van der Waals surface area contributed by atoms with Gasteiger partial charge in [-0.2, -0.15) is 13.2 Å². The predicted molar refractivity (Wildman–Crippen MR) is 114 cm³/mol. The van der Waals surface area contributed by atoms with Crippen molar-refractivity contribution in [3.05, 3.63) is 71.2 Å². The van der Waals surface area contributed by atoms with Crippen molar-refractivity contribution >= 4 is 29.1 Å². The first-order chi connectivity index (χ1) is 15.3. The normalized spacial score (nSPS) is 11.7. The number of rotatable bonds is 4. The molecule has 0 bridgehead atoms. The van der Waals surface area contributed by atoms with Gasteiger partial charge in [0.05, 0.1) is 11.1 Å². The Morgan fingerprint density at radius 2 is 1.48 bits per heavy atom. The van der Waals surface area contributed by atoms with Gasteiger partial charge in [-0.3, -0.25) is 10.1 Å². The summed E-state index contributed by atoms with van der Waals surface area (Å²) >= 11 is 0. The Hall–Kier alpha value is -3.89. The number of urea groups is 1. The molecule has 0 aliphatic carbocycles. The number of carbonyl (C=O) groups excluding carboxylic acids is 2. The van der Waals surface area contributed by atoms with Crippen molar-refractivity contribution in [2.45, 2.75) is 32.4 Å². The Kier molecular flexibility index (Phi) is 6.43. The van der Waals surface area contributed by atoms with E-state index in [1.807, 2.05) is 20.8 Å². The molecule has 0 fully saturated rings. The smallest absolute Gasteiger partial charge is 0.359 e. The highest BCUT2D eigenvalue weighted by molar-refractivity contribution is 6.05. The van der Waals surface area contributed by atoms with Crippen LogP contribution in [0.3, 0.4) is 0 Å². The first-order valence-corrected chi connectivity index (χ1v) is 9.66. The van der Waals surface area contributed by atoms with E-state index >= 15 is 0 Å². The summed E-state index contributed by atoms with van der Waals surface area (Å²) in [7, 11) is 0. The van der Waals surface area contributed by atoms with Crippen molar-refractivity contribution in [3.8, 4) is 0 Å². The number of alkyl halides is 3.